The Labute approximate surface area is 202 Å². The lowest BCUT2D eigenvalue weighted by atomic mass is 9.89. The fourth-order valence-corrected chi connectivity index (χ4v) is 4.67. The van der Waals surface area contributed by atoms with E-state index in [9.17, 15) is 4.79 Å². The van der Waals surface area contributed by atoms with Gasteiger partial charge in [-0.25, -0.2) is 14.8 Å². The molecule has 34 heavy (non-hydrogen) atoms. The zero-order valence-corrected chi connectivity index (χ0v) is 19.7. The van der Waals surface area contributed by atoms with E-state index >= 15 is 0 Å². The Kier molecular flexibility index (Phi) is 6.94. The van der Waals surface area contributed by atoms with Gasteiger partial charge in [0.2, 0.25) is 5.82 Å². The number of H-pyrrole nitrogens is 1. The number of hydrogen-bond acceptors (Lipinski definition) is 6. The van der Waals surface area contributed by atoms with Gasteiger partial charge < -0.3 is 4.57 Å². The monoisotopic (exact) mass is 476 g/mol. The molecule has 9 heteroatoms. The van der Waals surface area contributed by atoms with Crippen LogP contribution in [0.1, 0.15) is 44.9 Å². The van der Waals surface area contributed by atoms with Crippen molar-refractivity contribution in [1.82, 2.24) is 29.7 Å². The van der Waals surface area contributed by atoms with Crippen molar-refractivity contribution in [2.45, 2.75) is 45.6 Å². The van der Waals surface area contributed by atoms with Crippen LogP contribution >= 0.6 is 11.6 Å². The Hall–Kier alpha value is -3.70. The Morgan fingerprint density at radius 1 is 1.24 bits per heavy atom. The minimum atomic E-state index is -0.640. The topological polar surface area (TPSA) is 102 Å². The van der Waals surface area contributed by atoms with Crippen LogP contribution in [0, 0.1) is 18.8 Å². The van der Waals surface area contributed by atoms with Gasteiger partial charge in [0, 0.05) is 24.5 Å². The molecule has 0 aromatic carbocycles. The van der Waals surface area contributed by atoms with E-state index in [1.807, 2.05) is 19.1 Å². The number of nitrogens with zero attached hydrogens (tertiary/aromatic N) is 5. The van der Waals surface area contributed by atoms with Gasteiger partial charge in [-0.2, -0.15) is 0 Å². The van der Waals surface area contributed by atoms with Crippen LogP contribution in [0.4, 0.5) is 0 Å². The van der Waals surface area contributed by atoms with E-state index in [-0.39, 0.29) is 5.82 Å². The average molecular weight is 477 g/mol. The van der Waals surface area contributed by atoms with Crippen LogP contribution in [0.3, 0.4) is 0 Å². The maximum atomic E-state index is 11.5. The number of imidazole rings is 1. The number of hydrogen-bond donors (Lipinski definition) is 1. The molecule has 1 saturated carbocycles. The molecule has 1 aliphatic carbocycles. The van der Waals surface area contributed by atoms with Crippen LogP contribution in [0.5, 0.6) is 0 Å². The molecule has 0 radical (unpaired) electrons. The van der Waals surface area contributed by atoms with Crippen molar-refractivity contribution in [3.63, 3.8) is 0 Å². The lowest BCUT2D eigenvalue weighted by Gasteiger charge is -2.23. The lowest BCUT2D eigenvalue weighted by Crippen LogP contribution is -2.16. The van der Waals surface area contributed by atoms with Gasteiger partial charge in [0.15, 0.2) is 0 Å². The molecule has 1 aliphatic rings. The highest BCUT2D eigenvalue weighted by Crippen LogP contribution is 2.35. The number of aromatic nitrogens is 6. The molecule has 8 nitrogen and oxygen atoms in total. The molecule has 5 rings (SSSR count). The van der Waals surface area contributed by atoms with Gasteiger partial charge in [-0.15, -0.1) is 12.8 Å². The SMILES string of the molecule is C#C.C=C(C)c1nc2cc(-c3noc(=O)[nH]3)nc(-c3cncc(Cl)c3)c2n1CC1CCCCC1. The van der Waals surface area contributed by atoms with Crippen molar-refractivity contribution < 1.29 is 4.52 Å². The summed E-state index contributed by atoms with van der Waals surface area (Å²) in [6.45, 7) is 6.97. The summed E-state index contributed by atoms with van der Waals surface area (Å²) in [5, 5.41) is 4.31. The number of allylic oxidation sites excluding steroid dienone is 1. The van der Waals surface area contributed by atoms with Gasteiger partial charge in [0.25, 0.3) is 0 Å². The van der Waals surface area contributed by atoms with Crippen LogP contribution in [0.15, 0.2) is 40.4 Å². The van der Waals surface area contributed by atoms with E-state index in [0.29, 0.717) is 22.3 Å². The van der Waals surface area contributed by atoms with Gasteiger partial charge in [0.1, 0.15) is 11.5 Å². The Bertz CT molecular complexity index is 1410. The van der Waals surface area contributed by atoms with Gasteiger partial charge in [0.05, 0.1) is 21.7 Å². The molecule has 174 valence electrons. The Morgan fingerprint density at radius 3 is 2.65 bits per heavy atom. The second kappa shape index (κ2) is 10.1. The van der Waals surface area contributed by atoms with Crippen molar-refractivity contribution in [1.29, 1.82) is 0 Å². The Balaban J connectivity index is 0.00000133. The van der Waals surface area contributed by atoms with Crippen LogP contribution < -0.4 is 5.76 Å². The molecule has 4 aromatic heterocycles. The number of halogens is 1. The van der Waals surface area contributed by atoms with Crippen LogP contribution in [0.25, 0.3) is 39.4 Å². The second-order valence-electron chi connectivity index (χ2n) is 8.39. The fraction of sp³-hybridized carbons (Fsp3) is 0.320. The predicted octanol–water partition coefficient (Wildman–Crippen LogP) is 5.35. The first-order valence-corrected chi connectivity index (χ1v) is 11.4. The smallest absolute Gasteiger partial charge is 0.322 e. The summed E-state index contributed by atoms with van der Waals surface area (Å²) in [5.41, 5.74) is 4.40. The van der Waals surface area contributed by atoms with E-state index < -0.39 is 5.76 Å². The van der Waals surface area contributed by atoms with Crippen LogP contribution in [-0.2, 0) is 6.54 Å². The van der Waals surface area contributed by atoms with E-state index in [4.69, 9.17) is 21.6 Å². The van der Waals surface area contributed by atoms with Crippen molar-refractivity contribution in [3.8, 4) is 35.6 Å². The molecule has 0 bridgehead atoms. The highest BCUT2D eigenvalue weighted by atomic mass is 35.5. The first-order chi connectivity index (χ1) is 16.5. The number of aromatic amines is 1. The number of nitrogens with one attached hydrogen (secondary N) is 1. The van der Waals surface area contributed by atoms with Crippen LogP contribution in [0.2, 0.25) is 5.02 Å². The zero-order chi connectivity index (χ0) is 24.2. The van der Waals surface area contributed by atoms with Gasteiger partial charge in [-0.3, -0.25) is 14.5 Å². The molecule has 1 N–H and O–H groups in total. The lowest BCUT2D eigenvalue weighted by molar-refractivity contribution is 0.321. The predicted molar refractivity (Wildman–Crippen MR) is 133 cm³/mol. The Morgan fingerprint density at radius 2 is 2.00 bits per heavy atom. The fourth-order valence-electron chi connectivity index (χ4n) is 4.49. The van der Waals surface area contributed by atoms with Gasteiger partial charge >= 0.3 is 5.76 Å². The van der Waals surface area contributed by atoms with Crippen LogP contribution in [-0.4, -0.2) is 29.7 Å². The maximum Gasteiger partial charge on any atom is 0.439 e. The van der Waals surface area contributed by atoms with Crippen molar-refractivity contribution in [2.24, 2.45) is 5.92 Å². The van der Waals surface area contributed by atoms with E-state index in [0.717, 1.165) is 34.5 Å². The molecular weight excluding hydrogens is 452 g/mol. The number of fused-ring (bicyclic) bond motifs is 1. The van der Waals surface area contributed by atoms with Gasteiger partial charge in [-0.05, 0) is 43.4 Å². The molecular formula is C25H25ClN6O2. The molecule has 0 amide bonds. The van der Waals surface area contributed by atoms with Gasteiger partial charge in [-0.1, -0.05) is 42.6 Å². The molecule has 4 heterocycles. The summed E-state index contributed by atoms with van der Waals surface area (Å²) >= 11 is 6.26. The largest absolute Gasteiger partial charge is 0.439 e. The summed E-state index contributed by atoms with van der Waals surface area (Å²) in [6.07, 6.45) is 17.5. The minimum absolute atomic E-state index is 0.242. The van der Waals surface area contributed by atoms with E-state index in [2.05, 4.69) is 43.6 Å². The molecule has 0 spiro atoms. The third-order valence-electron chi connectivity index (χ3n) is 5.93. The van der Waals surface area contributed by atoms with Crippen molar-refractivity contribution in [2.75, 3.05) is 0 Å². The summed E-state index contributed by atoms with van der Waals surface area (Å²) in [5.74, 6) is 1.01. The van der Waals surface area contributed by atoms with E-state index in [1.54, 1.807) is 12.4 Å². The highest BCUT2D eigenvalue weighted by Gasteiger charge is 2.23. The molecule has 4 aromatic rings. The summed E-state index contributed by atoms with van der Waals surface area (Å²) in [4.78, 5) is 28.1. The molecule has 0 atom stereocenters. The van der Waals surface area contributed by atoms with Crippen molar-refractivity contribution in [3.05, 3.63) is 52.5 Å². The molecule has 0 saturated heterocycles. The molecule has 1 fully saturated rings. The summed E-state index contributed by atoms with van der Waals surface area (Å²) in [7, 11) is 0. The molecule has 0 aliphatic heterocycles. The number of pyridine rings is 2. The highest BCUT2D eigenvalue weighted by molar-refractivity contribution is 6.30. The van der Waals surface area contributed by atoms with E-state index in [1.165, 1.54) is 32.1 Å². The standard InChI is InChI=1S/C23H23ClN6O2.C2H2/c1-13(2)22-27-17-9-18(21-28-23(31)32-29-21)26-19(15-8-16(24)11-25-10-15)20(17)30(22)12-14-6-4-3-5-7-14;1-2/h8-11,14H,1,3-7,12H2,2H3,(H,28,29,31);1-2H. The average Bonchev–Trinajstić information content (AvgIpc) is 3.44. The third kappa shape index (κ3) is 4.66. The quantitative estimate of drug-likeness (QED) is 0.389. The minimum Gasteiger partial charge on any atom is -0.322 e. The first kappa shape index (κ1) is 23.5. The number of rotatable bonds is 5. The first-order valence-electron chi connectivity index (χ1n) is 11.1. The summed E-state index contributed by atoms with van der Waals surface area (Å²) in [6, 6.07) is 3.64. The number of terminal acetylenes is 1. The second-order valence-corrected chi connectivity index (χ2v) is 8.83. The summed E-state index contributed by atoms with van der Waals surface area (Å²) < 4.78 is 6.92. The zero-order valence-electron chi connectivity index (χ0n) is 18.9. The normalized spacial score (nSPS) is 14.0. The third-order valence-corrected chi connectivity index (χ3v) is 6.14. The molecule has 0 unspecified atom stereocenters. The van der Waals surface area contributed by atoms with Crippen molar-refractivity contribution >= 4 is 28.2 Å². The maximum absolute atomic E-state index is 11.5.